The summed E-state index contributed by atoms with van der Waals surface area (Å²) in [5, 5.41) is 0. The van der Waals surface area contributed by atoms with E-state index in [2.05, 4.69) is 0 Å². The molecule has 3 rings (SSSR count). The van der Waals surface area contributed by atoms with Crippen LogP contribution in [-0.4, -0.2) is 37.4 Å². The first-order chi connectivity index (χ1) is 15.6. The zero-order valence-electron chi connectivity index (χ0n) is 18.3. The minimum atomic E-state index is -0.929. The van der Waals surface area contributed by atoms with E-state index >= 15 is 0 Å². The number of benzene rings is 3. The van der Waals surface area contributed by atoms with E-state index in [0.717, 1.165) is 16.7 Å². The summed E-state index contributed by atoms with van der Waals surface area (Å²) in [6, 6.07) is 27.8. The quantitative estimate of drug-likeness (QED) is 0.362. The fourth-order valence-electron chi connectivity index (χ4n) is 3.59. The van der Waals surface area contributed by atoms with Gasteiger partial charge in [-0.25, -0.2) is 4.79 Å². The fourth-order valence-corrected chi connectivity index (χ4v) is 3.59. The van der Waals surface area contributed by atoms with Crippen molar-refractivity contribution in [1.29, 1.82) is 0 Å². The molecule has 0 amide bonds. The molecular formula is C27H27NO4. The third-order valence-corrected chi connectivity index (χ3v) is 5.11. The Morgan fingerprint density at radius 3 is 1.78 bits per heavy atom. The number of ether oxygens (including phenoxy) is 2. The Balaban J connectivity index is 2.15. The van der Waals surface area contributed by atoms with E-state index in [4.69, 9.17) is 14.5 Å². The van der Waals surface area contributed by atoms with Crippen molar-refractivity contribution in [3.05, 3.63) is 108 Å². The monoisotopic (exact) mass is 429 g/mol. The molecule has 0 bridgehead atoms. The first-order valence-corrected chi connectivity index (χ1v) is 10.6. The van der Waals surface area contributed by atoms with Crippen LogP contribution in [0.15, 0.2) is 96.0 Å². The first-order valence-electron chi connectivity index (χ1n) is 10.6. The minimum Gasteiger partial charge on any atom is -0.467 e. The summed E-state index contributed by atoms with van der Waals surface area (Å²) in [5.41, 5.74) is 3.22. The summed E-state index contributed by atoms with van der Waals surface area (Å²) in [5.74, 6) is -1.43. The lowest BCUT2D eigenvalue weighted by atomic mass is 9.88. The van der Waals surface area contributed by atoms with Gasteiger partial charge in [0.1, 0.15) is 0 Å². The van der Waals surface area contributed by atoms with Gasteiger partial charge in [-0.1, -0.05) is 91.0 Å². The van der Waals surface area contributed by atoms with Crippen molar-refractivity contribution in [1.82, 2.24) is 0 Å². The molecule has 0 N–H and O–H groups in total. The maximum absolute atomic E-state index is 13.0. The van der Waals surface area contributed by atoms with Crippen LogP contribution in [0, 0.1) is 0 Å². The van der Waals surface area contributed by atoms with Crippen LogP contribution in [0.5, 0.6) is 0 Å². The van der Waals surface area contributed by atoms with Gasteiger partial charge in [0.15, 0.2) is 6.04 Å². The Kier molecular flexibility index (Phi) is 8.32. The molecule has 0 aliphatic carbocycles. The number of nitrogens with zero attached hydrogens (tertiary/aromatic N) is 1. The molecule has 0 saturated heterocycles. The van der Waals surface area contributed by atoms with Gasteiger partial charge in [0.25, 0.3) is 0 Å². The summed E-state index contributed by atoms with van der Waals surface area (Å²) >= 11 is 0. The van der Waals surface area contributed by atoms with Gasteiger partial charge in [-0.05, 0) is 12.5 Å². The van der Waals surface area contributed by atoms with E-state index in [1.165, 1.54) is 7.11 Å². The van der Waals surface area contributed by atoms with Gasteiger partial charge in [0.2, 0.25) is 0 Å². The Morgan fingerprint density at radius 2 is 1.31 bits per heavy atom. The third-order valence-electron chi connectivity index (χ3n) is 5.11. The number of hydrogen-bond donors (Lipinski definition) is 0. The largest absolute Gasteiger partial charge is 0.467 e. The Morgan fingerprint density at radius 1 is 0.812 bits per heavy atom. The molecule has 5 heteroatoms. The highest BCUT2D eigenvalue weighted by atomic mass is 16.5. The van der Waals surface area contributed by atoms with E-state index < -0.39 is 17.9 Å². The average molecular weight is 430 g/mol. The smallest absolute Gasteiger partial charge is 0.331 e. The molecule has 2 atom stereocenters. The van der Waals surface area contributed by atoms with Crippen LogP contribution >= 0.6 is 0 Å². The second kappa shape index (κ2) is 11.6. The summed E-state index contributed by atoms with van der Waals surface area (Å²) in [6.07, 6.45) is 0.0119. The topological polar surface area (TPSA) is 65.0 Å². The molecule has 5 nitrogen and oxygen atoms in total. The van der Waals surface area contributed by atoms with Gasteiger partial charge in [-0.15, -0.1) is 0 Å². The van der Waals surface area contributed by atoms with Crippen molar-refractivity contribution < 1.29 is 19.1 Å². The van der Waals surface area contributed by atoms with Crippen LogP contribution in [0.2, 0.25) is 0 Å². The molecular weight excluding hydrogens is 402 g/mol. The van der Waals surface area contributed by atoms with Gasteiger partial charge in [-0.2, -0.15) is 0 Å². The van der Waals surface area contributed by atoms with Crippen LogP contribution in [-0.2, 0) is 19.1 Å². The zero-order valence-corrected chi connectivity index (χ0v) is 18.3. The van der Waals surface area contributed by atoms with Crippen molar-refractivity contribution in [3.63, 3.8) is 0 Å². The minimum absolute atomic E-state index is 0.0119. The molecule has 2 unspecified atom stereocenters. The molecule has 0 saturated carbocycles. The third kappa shape index (κ3) is 5.91. The van der Waals surface area contributed by atoms with Crippen molar-refractivity contribution in [2.75, 3.05) is 13.7 Å². The molecule has 0 fully saturated rings. The maximum atomic E-state index is 13.0. The van der Waals surface area contributed by atoms with Crippen LogP contribution in [0.1, 0.15) is 36.0 Å². The summed E-state index contributed by atoms with van der Waals surface area (Å²) in [4.78, 5) is 30.3. The molecule has 3 aromatic carbocycles. The number of aliphatic imine (C=N–C) groups is 1. The second-order valence-electron chi connectivity index (χ2n) is 7.20. The van der Waals surface area contributed by atoms with E-state index in [1.807, 2.05) is 91.0 Å². The number of rotatable bonds is 9. The maximum Gasteiger partial charge on any atom is 0.331 e. The van der Waals surface area contributed by atoms with E-state index in [-0.39, 0.29) is 19.0 Å². The lowest BCUT2D eigenvalue weighted by molar-refractivity contribution is -0.145. The summed E-state index contributed by atoms with van der Waals surface area (Å²) < 4.78 is 10.3. The average Bonchev–Trinajstić information content (AvgIpc) is 2.85. The van der Waals surface area contributed by atoms with Crippen LogP contribution in [0.4, 0.5) is 0 Å². The van der Waals surface area contributed by atoms with Gasteiger partial charge in [-0.3, -0.25) is 9.79 Å². The van der Waals surface area contributed by atoms with E-state index in [9.17, 15) is 9.59 Å². The number of carbonyl (C=O) groups is 2. The molecule has 0 spiro atoms. The molecule has 3 aromatic rings. The van der Waals surface area contributed by atoms with Crippen LogP contribution in [0.25, 0.3) is 0 Å². The van der Waals surface area contributed by atoms with Gasteiger partial charge >= 0.3 is 11.9 Å². The Labute approximate surface area is 188 Å². The number of carbonyl (C=O) groups excluding carboxylic acids is 2. The summed E-state index contributed by atoms with van der Waals surface area (Å²) in [7, 11) is 1.34. The van der Waals surface area contributed by atoms with Gasteiger partial charge in [0.05, 0.1) is 25.8 Å². The van der Waals surface area contributed by atoms with Crippen LogP contribution in [0.3, 0.4) is 0 Å². The normalized spacial score (nSPS) is 12.3. The highest BCUT2D eigenvalue weighted by molar-refractivity contribution is 6.13. The molecule has 32 heavy (non-hydrogen) atoms. The van der Waals surface area contributed by atoms with Crippen molar-refractivity contribution in [2.24, 2.45) is 4.99 Å². The molecule has 0 aromatic heterocycles. The standard InChI is InChI=1S/C27H27NO4/c1-3-32-24(29)19-23(20-13-7-4-8-14-20)26(27(30)31-2)28-25(21-15-9-5-10-16-21)22-17-11-6-12-18-22/h4-18,23,26H,3,19H2,1-2H3. The van der Waals surface area contributed by atoms with E-state index in [1.54, 1.807) is 6.92 Å². The van der Waals surface area contributed by atoms with Crippen molar-refractivity contribution in [2.45, 2.75) is 25.3 Å². The number of hydrogen-bond acceptors (Lipinski definition) is 5. The molecule has 0 aliphatic heterocycles. The van der Waals surface area contributed by atoms with E-state index in [0.29, 0.717) is 5.71 Å². The zero-order chi connectivity index (χ0) is 22.8. The first kappa shape index (κ1) is 22.9. The second-order valence-corrected chi connectivity index (χ2v) is 7.20. The highest BCUT2D eigenvalue weighted by Gasteiger charge is 2.33. The molecule has 0 heterocycles. The Bertz CT molecular complexity index is 992. The lowest BCUT2D eigenvalue weighted by Crippen LogP contribution is -2.31. The predicted molar refractivity (Wildman–Crippen MR) is 125 cm³/mol. The molecule has 0 radical (unpaired) electrons. The SMILES string of the molecule is CCOC(=O)CC(c1ccccc1)C(N=C(c1ccccc1)c1ccccc1)C(=O)OC. The number of methoxy groups -OCH3 is 1. The lowest BCUT2D eigenvalue weighted by Gasteiger charge is -2.23. The number of esters is 2. The summed E-state index contributed by atoms with van der Waals surface area (Å²) in [6.45, 7) is 2.03. The fraction of sp³-hybridized carbons (Fsp3) is 0.222. The molecule has 0 aliphatic rings. The van der Waals surface area contributed by atoms with Gasteiger partial charge in [0, 0.05) is 17.0 Å². The van der Waals surface area contributed by atoms with Crippen molar-refractivity contribution in [3.8, 4) is 0 Å². The van der Waals surface area contributed by atoms with Crippen molar-refractivity contribution >= 4 is 17.7 Å². The van der Waals surface area contributed by atoms with Gasteiger partial charge < -0.3 is 9.47 Å². The molecule has 164 valence electrons. The predicted octanol–water partition coefficient (Wildman–Crippen LogP) is 4.80. The van der Waals surface area contributed by atoms with Crippen LogP contribution < -0.4 is 0 Å². The Hall–Kier alpha value is -3.73. The highest BCUT2D eigenvalue weighted by Crippen LogP contribution is 2.29.